The second-order valence-corrected chi connectivity index (χ2v) is 8.88. The van der Waals surface area contributed by atoms with Gasteiger partial charge in [-0.2, -0.15) is 0 Å². The summed E-state index contributed by atoms with van der Waals surface area (Å²) in [5, 5.41) is 23.5. The number of esters is 1. The zero-order valence-electron chi connectivity index (χ0n) is 19.2. The Morgan fingerprint density at radius 1 is 1.11 bits per heavy atom. The molecule has 0 spiro atoms. The van der Waals surface area contributed by atoms with E-state index in [1.54, 1.807) is 18.2 Å². The Morgan fingerprint density at radius 3 is 2.60 bits per heavy atom. The highest BCUT2D eigenvalue weighted by molar-refractivity contribution is 8.13. The summed E-state index contributed by atoms with van der Waals surface area (Å²) >= 11 is 1.38. The number of primary amides is 1. The number of ether oxygens (including phenoxy) is 2. The summed E-state index contributed by atoms with van der Waals surface area (Å²) in [6, 6.07) is 13.4. The van der Waals surface area contributed by atoms with Crippen LogP contribution in [0.15, 0.2) is 64.0 Å². The van der Waals surface area contributed by atoms with E-state index >= 15 is 0 Å². The maximum Gasteiger partial charge on any atom is 0.339 e. The first-order chi connectivity index (χ1) is 16.9. The van der Waals surface area contributed by atoms with Gasteiger partial charge in [0.2, 0.25) is 6.04 Å². The molecule has 1 atom stereocenters. The third kappa shape index (κ3) is 5.27. The fourth-order valence-electron chi connectivity index (χ4n) is 3.55. The fourth-order valence-corrected chi connectivity index (χ4v) is 4.44. The van der Waals surface area contributed by atoms with Crippen LogP contribution in [0.2, 0.25) is 0 Å². The lowest BCUT2D eigenvalue weighted by atomic mass is 10.0. The van der Waals surface area contributed by atoms with Crippen molar-refractivity contribution in [2.75, 3.05) is 6.61 Å². The maximum atomic E-state index is 12.1. The van der Waals surface area contributed by atoms with Crippen molar-refractivity contribution in [2.24, 2.45) is 21.2 Å². The minimum Gasteiger partial charge on any atom is -0.506 e. The molecule has 0 aliphatic carbocycles. The van der Waals surface area contributed by atoms with E-state index in [4.69, 9.17) is 15.2 Å². The number of fused-ring (bicyclic) bond motifs is 1. The Balaban J connectivity index is 1.50. The molecule has 3 aromatic rings. The Morgan fingerprint density at radius 2 is 1.89 bits per heavy atom. The van der Waals surface area contributed by atoms with Gasteiger partial charge in [0.05, 0.1) is 12.2 Å². The van der Waals surface area contributed by atoms with E-state index in [1.165, 1.54) is 17.8 Å². The van der Waals surface area contributed by atoms with Crippen molar-refractivity contribution < 1.29 is 24.2 Å². The zero-order chi connectivity index (χ0) is 24.9. The minimum absolute atomic E-state index is 0.00967. The summed E-state index contributed by atoms with van der Waals surface area (Å²) in [6.45, 7) is 4.16. The van der Waals surface area contributed by atoms with Crippen LogP contribution in [0.1, 0.15) is 34.8 Å². The highest BCUT2D eigenvalue weighted by Crippen LogP contribution is 2.38. The molecule has 0 radical (unpaired) electrons. The number of aromatic hydroxyl groups is 1. The van der Waals surface area contributed by atoms with Crippen molar-refractivity contribution in [3.63, 3.8) is 0 Å². The van der Waals surface area contributed by atoms with Crippen molar-refractivity contribution >= 4 is 39.5 Å². The van der Waals surface area contributed by atoms with Crippen LogP contribution in [-0.2, 0) is 15.3 Å². The van der Waals surface area contributed by atoms with Crippen molar-refractivity contribution in [3.8, 4) is 17.2 Å². The molecular formula is C25H24N4O5S. The van der Waals surface area contributed by atoms with Gasteiger partial charge in [0.1, 0.15) is 22.3 Å². The van der Waals surface area contributed by atoms with Gasteiger partial charge in [0.25, 0.3) is 5.91 Å². The van der Waals surface area contributed by atoms with Crippen molar-refractivity contribution in [2.45, 2.75) is 32.1 Å². The standard InChI is InChI=1S/C25H24N4O5S/c1-3-10-33-25(32)21-24(28-29-27-21)35-13-15-8-9-19(14(2)11-15)34-20-12-18(23(26)31)22(30)17-7-5-4-6-16(17)20/h4-9,11-12,21,30H,3,10,13H2,1-2H3,(H2,26,31). The highest BCUT2D eigenvalue weighted by atomic mass is 32.2. The molecule has 10 heteroatoms. The number of thioether (sulfide) groups is 1. The third-order valence-corrected chi connectivity index (χ3v) is 6.38. The van der Waals surface area contributed by atoms with E-state index in [1.807, 2.05) is 38.1 Å². The molecular weight excluding hydrogens is 468 g/mol. The smallest absolute Gasteiger partial charge is 0.339 e. The summed E-state index contributed by atoms with van der Waals surface area (Å²) in [4.78, 5) is 24.0. The molecule has 0 saturated heterocycles. The predicted molar refractivity (Wildman–Crippen MR) is 134 cm³/mol. The molecule has 4 rings (SSSR count). The lowest BCUT2D eigenvalue weighted by Gasteiger charge is -2.15. The summed E-state index contributed by atoms with van der Waals surface area (Å²) in [7, 11) is 0. The van der Waals surface area contributed by atoms with Crippen LogP contribution in [-0.4, -0.2) is 34.7 Å². The van der Waals surface area contributed by atoms with Crippen LogP contribution < -0.4 is 10.5 Å². The average molecular weight is 493 g/mol. The highest BCUT2D eigenvalue weighted by Gasteiger charge is 2.30. The maximum absolute atomic E-state index is 12.1. The lowest BCUT2D eigenvalue weighted by Crippen LogP contribution is -2.26. The van der Waals surface area contributed by atoms with E-state index < -0.39 is 17.9 Å². The van der Waals surface area contributed by atoms with Crippen molar-refractivity contribution in [1.29, 1.82) is 0 Å². The number of carbonyl (C=O) groups excluding carboxylic acids is 2. The van der Waals surface area contributed by atoms with Gasteiger partial charge in [-0.1, -0.05) is 43.3 Å². The second kappa shape index (κ2) is 10.6. The second-order valence-electron chi connectivity index (χ2n) is 7.88. The number of nitrogens with zero attached hydrogens (tertiary/aromatic N) is 3. The number of hydrogen-bond acceptors (Lipinski definition) is 9. The van der Waals surface area contributed by atoms with E-state index in [0.717, 1.165) is 17.5 Å². The molecule has 3 aromatic carbocycles. The van der Waals surface area contributed by atoms with Crippen molar-refractivity contribution in [1.82, 2.24) is 0 Å². The molecule has 1 amide bonds. The molecule has 1 aliphatic heterocycles. The van der Waals surface area contributed by atoms with E-state index in [2.05, 4.69) is 15.4 Å². The number of benzene rings is 3. The first kappa shape index (κ1) is 24.2. The lowest BCUT2D eigenvalue weighted by molar-refractivity contribution is -0.143. The molecule has 1 heterocycles. The van der Waals surface area contributed by atoms with Gasteiger partial charge in [-0.3, -0.25) is 4.79 Å². The largest absolute Gasteiger partial charge is 0.506 e. The number of aryl methyl sites for hydroxylation is 1. The summed E-state index contributed by atoms with van der Waals surface area (Å²) < 4.78 is 11.3. The third-order valence-electron chi connectivity index (χ3n) is 5.31. The predicted octanol–water partition coefficient (Wildman–Crippen LogP) is 5.08. The molecule has 0 saturated carbocycles. The summed E-state index contributed by atoms with van der Waals surface area (Å²) in [5.41, 5.74) is 7.29. The molecule has 0 fully saturated rings. The summed E-state index contributed by atoms with van der Waals surface area (Å²) in [5.74, 6) is 0.192. The van der Waals surface area contributed by atoms with Crippen LogP contribution in [0.5, 0.6) is 17.2 Å². The van der Waals surface area contributed by atoms with Gasteiger partial charge in [-0.15, -0.1) is 22.0 Å². The van der Waals surface area contributed by atoms with Crippen LogP contribution in [0, 0.1) is 6.92 Å². The minimum atomic E-state index is -0.808. The first-order valence-corrected chi connectivity index (χ1v) is 12.0. The number of phenols is 1. The van der Waals surface area contributed by atoms with Gasteiger partial charge in [-0.25, -0.2) is 4.79 Å². The average Bonchev–Trinajstić information content (AvgIpc) is 3.33. The van der Waals surface area contributed by atoms with Gasteiger partial charge >= 0.3 is 5.97 Å². The molecule has 3 N–H and O–H groups in total. The first-order valence-electron chi connectivity index (χ1n) is 11.0. The molecule has 35 heavy (non-hydrogen) atoms. The number of nitrogens with two attached hydrogens (primary N) is 1. The van der Waals surface area contributed by atoms with E-state index in [9.17, 15) is 14.7 Å². The Kier molecular flexibility index (Phi) is 7.31. The molecule has 0 aromatic heterocycles. The fraction of sp³-hybridized carbons (Fsp3) is 0.240. The van der Waals surface area contributed by atoms with E-state index in [0.29, 0.717) is 39.7 Å². The van der Waals surface area contributed by atoms with Gasteiger partial charge in [0, 0.05) is 16.5 Å². The van der Waals surface area contributed by atoms with Gasteiger partial charge in [-0.05, 0) is 41.8 Å². The monoisotopic (exact) mass is 492 g/mol. The topological polar surface area (TPSA) is 136 Å². The summed E-state index contributed by atoms with van der Waals surface area (Å²) in [6.07, 6.45) is 0.729. The Hall–Kier alpha value is -3.92. The number of carbonyl (C=O) groups is 2. The SMILES string of the molecule is CCCOC(=O)C1N=NN=C1SCc1ccc(Oc2cc(C(N)=O)c(O)c3ccccc23)c(C)c1. The molecule has 1 unspecified atom stereocenters. The molecule has 0 bridgehead atoms. The molecule has 180 valence electrons. The Bertz CT molecular complexity index is 1360. The number of amides is 1. The number of hydrogen-bond donors (Lipinski definition) is 2. The van der Waals surface area contributed by atoms with Crippen LogP contribution in [0.3, 0.4) is 0 Å². The molecule has 9 nitrogen and oxygen atoms in total. The van der Waals surface area contributed by atoms with Crippen LogP contribution in [0.25, 0.3) is 10.8 Å². The number of rotatable bonds is 8. The molecule has 1 aliphatic rings. The normalized spacial score (nSPS) is 14.7. The zero-order valence-corrected chi connectivity index (χ0v) is 20.0. The van der Waals surface area contributed by atoms with Crippen LogP contribution >= 0.6 is 11.8 Å². The quantitative estimate of drug-likeness (QED) is 0.421. The Labute approximate surface area is 206 Å². The van der Waals surface area contributed by atoms with Gasteiger partial charge in [0.15, 0.2) is 0 Å². The van der Waals surface area contributed by atoms with Gasteiger partial charge < -0.3 is 20.3 Å². The van der Waals surface area contributed by atoms with Crippen LogP contribution in [0.4, 0.5) is 0 Å². The van der Waals surface area contributed by atoms with Crippen molar-refractivity contribution in [3.05, 3.63) is 65.2 Å². The van der Waals surface area contributed by atoms with E-state index in [-0.39, 0.29) is 11.3 Å².